The lowest BCUT2D eigenvalue weighted by Gasteiger charge is -1.98. The van der Waals surface area contributed by atoms with Crippen LogP contribution in [-0.4, -0.2) is 19.4 Å². The number of aldehydes is 1. The van der Waals surface area contributed by atoms with Gasteiger partial charge in [0.2, 0.25) is 0 Å². The third-order valence-electron chi connectivity index (χ3n) is 1.78. The topological polar surface area (TPSA) is 43.4 Å². The maximum atomic E-state index is 12.8. The molecule has 0 aliphatic heterocycles. The van der Waals surface area contributed by atoms with Gasteiger partial charge in [-0.15, -0.1) is 0 Å². The van der Waals surface area contributed by atoms with Crippen molar-refractivity contribution >= 4 is 18.3 Å². The molecule has 1 aromatic rings. The van der Waals surface area contributed by atoms with Gasteiger partial charge in [-0.25, -0.2) is 9.18 Å². The van der Waals surface area contributed by atoms with Gasteiger partial charge >= 0.3 is 5.97 Å². The number of hydrogen-bond acceptors (Lipinski definition) is 3. The molecule has 0 spiro atoms. The summed E-state index contributed by atoms with van der Waals surface area (Å²) < 4.78 is 17.2. The number of esters is 1. The van der Waals surface area contributed by atoms with Crippen LogP contribution < -0.4 is 0 Å². The molecule has 0 radical (unpaired) electrons. The fourth-order valence-corrected chi connectivity index (χ4v) is 1.02. The van der Waals surface area contributed by atoms with Gasteiger partial charge in [-0.3, -0.25) is 4.79 Å². The number of ether oxygens (including phenoxy) is 1. The van der Waals surface area contributed by atoms with Crippen molar-refractivity contribution in [2.45, 2.75) is 0 Å². The predicted molar refractivity (Wildman–Crippen MR) is 52.8 cm³/mol. The summed E-state index contributed by atoms with van der Waals surface area (Å²) in [5.41, 5.74) is 0.659. The second-order valence-electron chi connectivity index (χ2n) is 2.75. The molecule has 1 aromatic carbocycles. The Balaban J connectivity index is 3.01. The minimum Gasteiger partial charge on any atom is -0.466 e. The predicted octanol–water partition coefficient (Wildman–Crippen LogP) is 1.82. The molecule has 1 rings (SSSR count). The van der Waals surface area contributed by atoms with E-state index in [1.165, 1.54) is 31.4 Å². The Morgan fingerprint density at radius 3 is 2.73 bits per heavy atom. The van der Waals surface area contributed by atoms with Gasteiger partial charge in [0, 0.05) is 11.6 Å². The summed E-state index contributed by atoms with van der Waals surface area (Å²) >= 11 is 0. The van der Waals surface area contributed by atoms with Crippen LogP contribution in [0.2, 0.25) is 0 Å². The molecular weight excluding hydrogens is 199 g/mol. The molecule has 0 aliphatic rings. The minimum absolute atomic E-state index is 0.316. The third-order valence-corrected chi connectivity index (χ3v) is 1.78. The van der Waals surface area contributed by atoms with Gasteiger partial charge in [0.15, 0.2) is 6.29 Å². The van der Waals surface area contributed by atoms with Gasteiger partial charge < -0.3 is 4.74 Å². The Morgan fingerprint density at radius 1 is 1.40 bits per heavy atom. The molecule has 0 aliphatic carbocycles. The first-order valence-corrected chi connectivity index (χ1v) is 4.18. The average molecular weight is 208 g/mol. The molecule has 0 N–H and O–H groups in total. The first-order chi connectivity index (χ1) is 7.17. The Labute approximate surface area is 86.2 Å². The van der Waals surface area contributed by atoms with E-state index in [0.717, 1.165) is 6.08 Å². The Hall–Kier alpha value is -1.97. The Morgan fingerprint density at radius 2 is 2.13 bits per heavy atom. The Bertz CT molecular complexity index is 410. The molecule has 0 amide bonds. The van der Waals surface area contributed by atoms with Gasteiger partial charge in [-0.2, -0.15) is 0 Å². The molecule has 3 nitrogen and oxygen atoms in total. The van der Waals surface area contributed by atoms with Crippen LogP contribution >= 0.6 is 0 Å². The highest BCUT2D eigenvalue weighted by molar-refractivity contribution is 5.90. The average Bonchev–Trinajstić information content (AvgIpc) is 2.26. The fourth-order valence-electron chi connectivity index (χ4n) is 1.02. The van der Waals surface area contributed by atoms with E-state index in [-0.39, 0.29) is 0 Å². The van der Waals surface area contributed by atoms with Crippen molar-refractivity contribution in [3.05, 3.63) is 41.2 Å². The Kier molecular flexibility index (Phi) is 3.74. The zero-order chi connectivity index (χ0) is 11.3. The van der Waals surface area contributed by atoms with E-state index in [9.17, 15) is 14.0 Å². The van der Waals surface area contributed by atoms with Crippen LogP contribution in [0.4, 0.5) is 4.39 Å². The first-order valence-electron chi connectivity index (χ1n) is 4.18. The van der Waals surface area contributed by atoms with E-state index in [2.05, 4.69) is 4.74 Å². The molecule has 0 unspecified atom stereocenters. The van der Waals surface area contributed by atoms with Crippen LogP contribution in [0.5, 0.6) is 0 Å². The van der Waals surface area contributed by atoms with Gasteiger partial charge in [-0.05, 0) is 29.8 Å². The van der Waals surface area contributed by atoms with Gasteiger partial charge in [0.25, 0.3) is 0 Å². The monoisotopic (exact) mass is 208 g/mol. The normalized spacial score (nSPS) is 10.3. The van der Waals surface area contributed by atoms with Crippen LogP contribution in [0.15, 0.2) is 24.3 Å². The van der Waals surface area contributed by atoms with E-state index in [1.807, 2.05) is 0 Å². The number of carbonyl (C=O) groups is 2. The highest BCUT2D eigenvalue weighted by Crippen LogP contribution is 2.11. The number of halogens is 1. The summed E-state index contributed by atoms with van der Waals surface area (Å²) in [5.74, 6) is -1.03. The quantitative estimate of drug-likeness (QED) is 0.432. The van der Waals surface area contributed by atoms with Crippen molar-refractivity contribution in [1.29, 1.82) is 0 Å². The maximum absolute atomic E-state index is 12.8. The molecule has 0 bridgehead atoms. The van der Waals surface area contributed by atoms with Crippen molar-refractivity contribution in [3.8, 4) is 0 Å². The van der Waals surface area contributed by atoms with E-state index >= 15 is 0 Å². The van der Waals surface area contributed by atoms with Crippen LogP contribution in [0.3, 0.4) is 0 Å². The summed E-state index contributed by atoms with van der Waals surface area (Å²) in [6.45, 7) is 0. The van der Waals surface area contributed by atoms with Crippen LogP contribution in [0, 0.1) is 5.82 Å². The van der Waals surface area contributed by atoms with Crippen LogP contribution in [0.1, 0.15) is 15.9 Å². The molecule has 0 saturated heterocycles. The zero-order valence-corrected chi connectivity index (χ0v) is 8.07. The number of methoxy groups -OCH3 is 1. The van der Waals surface area contributed by atoms with E-state index in [0.29, 0.717) is 17.4 Å². The largest absolute Gasteiger partial charge is 0.466 e. The van der Waals surface area contributed by atoms with Crippen LogP contribution in [-0.2, 0) is 9.53 Å². The van der Waals surface area contributed by atoms with Crippen molar-refractivity contribution in [2.75, 3.05) is 7.11 Å². The SMILES string of the molecule is COC(=O)/C=C/c1cc(F)ccc1C=O. The van der Waals surface area contributed by atoms with Gasteiger partial charge in [-0.1, -0.05) is 0 Å². The molecule has 0 saturated carbocycles. The van der Waals surface area contributed by atoms with Crippen molar-refractivity contribution in [2.24, 2.45) is 0 Å². The lowest BCUT2D eigenvalue weighted by molar-refractivity contribution is -0.134. The first kappa shape index (κ1) is 11.1. The van der Waals surface area contributed by atoms with Crippen molar-refractivity contribution in [3.63, 3.8) is 0 Å². The molecule has 0 aromatic heterocycles. The molecule has 0 atom stereocenters. The molecule has 78 valence electrons. The lowest BCUT2D eigenvalue weighted by atomic mass is 10.1. The zero-order valence-electron chi connectivity index (χ0n) is 8.07. The summed E-state index contributed by atoms with van der Waals surface area (Å²) in [4.78, 5) is 21.4. The van der Waals surface area contributed by atoms with E-state index in [1.54, 1.807) is 0 Å². The smallest absolute Gasteiger partial charge is 0.330 e. The highest BCUT2D eigenvalue weighted by atomic mass is 19.1. The minimum atomic E-state index is -0.559. The summed E-state index contributed by atoms with van der Waals surface area (Å²) in [6.07, 6.45) is 3.05. The fraction of sp³-hybridized carbons (Fsp3) is 0.0909. The lowest BCUT2D eigenvalue weighted by Crippen LogP contribution is -1.94. The molecule has 15 heavy (non-hydrogen) atoms. The maximum Gasteiger partial charge on any atom is 0.330 e. The van der Waals surface area contributed by atoms with Gasteiger partial charge in [0.1, 0.15) is 5.82 Å². The van der Waals surface area contributed by atoms with E-state index < -0.39 is 11.8 Å². The second-order valence-corrected chi connectivity index (χ2v) is 2.75. The summed E-state index contributed by atoms with van der Waals surface area (Å²) in [6, 6.07) is 3.70. The van der Waals surface area contributed by atoms with E-state index in [4.69, 9.17) is 0 Å². The van der Waals surface area contributed by atoms with Gasteiger partial charge in [0.05, 0.1) is 7.11 Å². The third kappa shape index (κ3) is 3.02. The van der Waals surface area contributed by atoms with Crippen molar-refractivity contribution in [1.82, 2.24) is 0 Å². The summed E-state index contributed by atoms with van der Waals surface area (Å²) in [7, 11) is 1.24. The van der Waals surface area contributed by atoms with Crippen LogP contribution in [0.25, 0.3) is 6.08 Å². The second kappa shape index (κ2) is 5.05. The molecule has 0 fully saturated rings. The molecular formula is C11H9FO3. The standard InChI is InChI=1S/C11H9FO3/c1-15-11(14)5-3-8-6-10(12)4-2-9(8)7-13/h2-7H,1H3/b5-3+. The highest BCUT2D eigenvalue weighted by Gasteiger charge is 2.01. The van der Waals surface area contributed by atoms with Crippen molar-refractivity contribution < 1.29 is 18.7 Å². The number of hydrogen-bond donors (Lipinski definition) is 0. The number of rotatable bonds is 3. The molecule has 4 heteroatoms. The number of carbonyl (C=O) groups excluding carboxylic acids is 2. The number of benzene rings is 1. The molecule has 0 heterocycles. The summed E-state index contributed by atoms with van der Waals surface area (Å²) in [5, 5.41) is 0.